The molecule has 0 aliphatic carbocycles. The number of nitriles is 1. The fourth-order valence-electron chi connectivity index (χ4n) is 2.70. The lowest BCUT2D eigenvalue weighted by atomic mass is 9.92. The number of rotatable bonds is 9. The normalized spacial score (nSPS) is 13.5. The fourth-order valence-corrected chi connectivity index (χ4v) is 2.70. The van der Waals surface area contributed by atoms with Gasteiger partial charge in [-0.3, -0.25) is 5.32 Å². The van der Waals surface area contributed by atoms with Crippen molar-refractivity contribution < 1.29 is 0 Å². The highest BCUT2D eigenvalue weighted by Gasteiger charge is 2.26. The van der Waals surface area contributed by atoms with Crippen LogP contribution in [0.25, 0.3) is 0 Å². The zero-order valence-corrected chi connectivity index (χ0v) is 13.9. The topological polar surface area (TPSA) is 39.1 Å². The van der Waals surface area contributed by atoms with E-state index in [1.807, 2.05) is 0 Å². The molecule has 0 fully saturated rings. The molecule has 3 heteroatoms. The predicted molar refractivity (Wildman–Crippen MR) is 90.6 cm³/mol. The fraction of sp³-hybridized carbons (Fsp3) is 0.611. The Bertz CT molecular complexity index is 447. The Morgan fingerprint density at radius 2 is 1.86 bits per heavy atom. The Kier molecular flexibility index (Phi) is 7.25. The van der Waals surface area contributed by atoms with E-state index in [0.717, 1.165) is 38.9 Å². The van der Waals surface area contributed by atoms with E-state index in [2.05, 4.69) is 68.2 Å². The molecule has 0 spiro atoms. The number of hydrogen-bond donors (Lipinski definition) is 1. The molecule has 0 heterocycles. The van der Waals surface area contributed by atoms with Crippen LogP contribution in [-0.2, 0) is 0 Å². The van der Waals surface area contributed by atoms with Gasteiger partial charge in [-0.05, 0) is 51.8 Å². The summed E-state index contributed by atoms with van der Waals surface area (Å²) < 4.78 is 0. The SMILES string of the molecule is CCNC(C#N)(CC)CCCN(CC)c1ccc(C)cc1. The van der Waals surface area contributed by atoms with E-state index in [1.54, 1.807) is 0 Å². The third kappa shape index (κ3) is 5.06. The van der Waals surface area contributed by atoms with E-state index in [9.17, 15) is 5.26 Å². The van der Waals surface area contributed by atoms with Crippen LogP contribution in [0, 0.1) is 18.3 Å². The summed E-state index contributed by atoms with van der Waals surface area (Å²) in [5.74, 6) is 0. The van der Waals surface area contributed by atoms with Crippen LogP contribution in [0.15, 0.2) is 24.3 Å². The number of nitrogens with zero attached hydrogens (tertiary/aromatic N) is 2. The molecule has 1 N–H and O–H groups in total. The van der Waals surface area contributed by atoms with Crippen molar-refractivity contribution in [2.45, 2.75) is 52.5 Å². The Labute approximate surface area is 130 Å². The van der Waals surface area contributed by atoms with E-state index >= 15 is 0 Å². The first-order valence-electron chi connectivity index (χ1n) is 8.08. The smallest absolute Gasteiger partial charge is 0.106 e. The molecule has 1 rings (SSSR count). The highest BCUT2D eigenvalue weighted by Crippen LogP contribution is 2.19. The van der Waals surface area contributed by atoms with Crippen molar-refractivity contribution in [1.29, 1.82) is 5.26 Å². The number of benzene rings is 1. The summed E-state index contributed by atoms with van der Waals surface area (Å²) in [5, 5.41) is 12.8. The quantitative estimate of drug-likeness (QED) is 0.749. The highest BCUT2D eigenvalue weighted by molar-refractivity contribution is 5.47. The first kappa shape index (κ1) is 17.5. The van der Waals surface area contributed by atoms with Crippen molar-refractivity contribution in [2.75, 3.05) is 24.5 Å². The predicted octanol–water partition coefficient (Wildman–Crippen LogP) is 3.88. The maximum absolute atomic E-state index is 9.45. The molecule has 1 aromatic rings. The van der Waals surface area contributed by atoms with E-state index in [0.29, 0.717) is 0 Å². The van der Waals surface area contributed by atoms with Crippen LogP contribution < -0.4 is 10.2 Å². The molecule has 1 unspecified atom stereocenters. The minimum Gasteiger partial charge on any atom is -0.372 e. The minimum absolute atomic E-state index is 0.360. The number of hydrogen-bond acceptors (Lipinski definition) is 3. The first-order valence-corrected chi connectivity index (χ1v) is 8.08. The van der Waals surface area contributed by atoms with Gasteiger partial charge in [-0.1, -0.05) is 31.5 Å². The molecular formula is C18H29N3. The monoisotopic (exact) mass is 287 g/mol. The Morgan fingerprint density at radius 3 is 2.33 bits per heavy atom. The second-order valence-electron chi connectivity index (χ2n) is 5.60. The van der Waals surface area contributed by atoms with Crippen molar-refractivity contribution in [1.82, 2.24) is 5.32 Å². The van der Waals surface area contributed by atoms with E-state index in [-0.39, 0.29) is 5.54 Å². The lowest BCUT2D eigenvalue weighted by molar-refractivity contribution is 0.373. The van der Waals surface area contributed by atoms with Crippen LogP contribution in [0.5, 0.6) is 0 Å². The lowest BCUT2D eigenvalue weighted by Crippen LogP contribution is -2.43. The molecule has 1 aromatic carbocycles. The maximum Gasteiger partial charge on any atom is 0.106 e. The zero-order valence-electron chi connectivity index (χ0n) is 13.9. The molecule has 0 amide bonds. The summed E-state index contributed by atoms with van der Waals surface area (Å²) in [6.07, 6.45) is 2.78. The number of anilines is 1. The Balaban J connectivity index is 2.59. The molecule has 1 atom stereocenters. The minimum atomic E-state index is -0.360. The average Bonchev–Trinajstić information content (AvgIpc) is 2.52. The van der Waals surface area contributed by atoms with E-state index in [4.69, 9.17) is 0 Å². The number of aryl methyl sites for hydroxylation is 1. The number of nitrogens with one attached hydrogen (secondary N) is 1. The zero-order chi connectivity index (χ0) is 15.7. The van der Waals surface area contributed by atoms with E-state index < -0.39 is 0 Å². The van der Waals surface area contributed by atoms with Crippen molar-refractivity contribution in [2.24, 2.45) is 0 Å². The first-order chi connectivity index (χ1) is 10.1. The van der Waals surface area contributed by atoms with Crippen molar-refractivity contribution in [3.8, 4) is 6.07 Å². The largest absolute Gasteiger partial charge is 0.372 e. The van der Waals surface area contributed by atoms with Gasteiger partial charge in [0.15, 0.2) is 0 Å². The van der Waals surface area contributed by atoms with Crippen LogP contribution in [0.2, 0.25) is 0 Å². The summed E-state index contributed by atoms with van der Waals surface area (Å²) >= 11 is 0. The average molecular weight is 287 g/mol. The van der Waals surface area contributed by atoms with Crippen LogP contribution in [-0.4, -0.2) is 25.2 Å². The van der Waals surface area contributed by atoms with Crippen LogP contribution >= 0.6 is 0 Å². The molecule has 0 radical (unpaired) electrons. The Hall–Kier alpha value is -1.53. The second-order valence-corrected chi connectivity index (χ2v) is 5.60. The molecule has 3 nitrogen and oxygen atoms in total. The van der Waals surface area contributed by atoms with Gasteiger partial charge in [0.05, 0.1) is 6.07 Å². The van der Waals surface area contributed by atoms with Gasteiger partial charge < -0.3 is 4.90 Å². The van der Waals surface area contributed by atoms with E-state index in [1.165, 1.54) is 11.3 Å². The van der Waals surface area contributed by atoms with Gasteiger partial charge in [-0.15, -0.1) is 0 Å². The third-order valence-corrected chi connectivity index (χ3v) is 4.15. The summed E-state index contributed by atoms with van der Waals surface area (Å²) in [4.78, 5) is 2.38. The Morgan fingerprint density at radius 1 is 1.19 bits per heavy atom. The molecule has 0 bridgehead atoms. The standard InChI is InChI=1S/C18H29N3/c1-5-18(15-19,20-6-2)13-8-14-21(7-3)17-11-9-16(4)10-12-17/h9-12,20H,5-8,13-14H2,1-4H3. The van der Waals surface area contributed by atoms with Crippen LogP contribution in [0.4, 0.5) is 5.69 Å². The van der Waals surface area contributed by atoms with Gasteiger partial charge in [0, 0.05) is 18.8 Å². The van der Waals surface area contributed by atoms with Crippen LogP contribution in [0.1, 0.15) is 45.6 Å². The van der Waals surface area contributed by atoms with Gasteiger partial charge in [-0.2, -0.15) is 5.26 Å². The summed E-state index contributed by atoms with van der Waals surface area (Å²) in [5.41, 5.74) is 2.20. The van der Waals surface area contributed by atoms with Gasteiger partial charge in [-0.25, -0.2) is 0 Å². The van der Waals surface area contributed by atoms with Gasteiger partial charge >= 0.3 is 0 Å². The van der Waals surface area contributed by atoms with Crippen molar-refractivity contribution in [3.63, 3.8) is 0 Å². The molecule has 0 aromatic heterocycles. The van der Waals surface area contributed by atoms with Gasteiger partial charge in [0.1, 0.15) is 5.54 Å². The maximum atomic E-state index is 9.45. The highest BCUT2D eigenvalue weighted by atomic mass is 15.1. The summed E-state index contributed by atoms with van der Waals surface area (Å²) in [6, 6.07) is 11.1. The lowest BCUT2D eigenvalue weighted by Gasteiger charge is -2.28. The summed E-state index contributed by atoms with van der Waals surface area (Å²) in [7, 11) is 0. The van der Waals surface area contributed by atoms with Gasteiger partial charge in [0.25, 0.3) is 0 Å². The summed E-state index contributed by atoms with van der Waals surface area (Å²) in [6.45, 7) is 11.3. The van der Waals surface area contributed by atoms with Gasteiger partial charge in [0.2, 0.25) is 0 Å². The molecular weight excluding hydrogens is 258 g/mol. The molecule has 0 saturated heterocycles. The van der Waals surface area contributed by atoms with Crippen molar-refractivity contribution in [3.05, 3.63) is 29.8 Å². The molecule has 116 valence electrons. The van der Waals surface area contributed by atoms with Crippen molar-refractivity contribution >= 4 is 5.69 Å². The van der Waals surface area contributed by atoms with Crippen LogP contribution in [0.3, 0.4) is 0 Å². The second kappa shape index (κ2) is 8.69. The molecule has 0 aliphatic heterocycles. The molecule has 21 heavy (non-hydrogen) atoms. The molecule has 0 aliphatic rings. The third-order valence-electron chi connectivity index (χ3n) is 4.15. The molecule has 0 saturated carbocycles.